The van der Waals surface area contributed by atoms with E-state index < -0.39 is 0 Å². The number of benzene rings is 3. The van der Waals surface area contributed by atoms with Crippen molar-refractivity contribution in [3.05, 3.63) is 84.3 Å². The Bertz CT molecular complexity index is 1350. The first-order valence-electron chi connectivity index (χ1n) is 10.4. The molecule has 2 heterocycles. The molecule has 0 saturated carbocycles. The van der Waals surface area contributed by atoms with Crippen LogP contribution in [-0.2, 0) is 17.8 Å². The third-order valence-electron chi connectivity index (χ3n) is 5.31. The van der Waals surface area contributed by atoms with Gasteiger partial charge in [-0.1, -0.05) is 60.3 Å². The highest BCUT2D eigenvalue weighted by molar-refractivity contribution is 7.99. The first kappa shape index (κ1) is 20.3. The van der Waals surface area contributed by atoms with Gasteiger partial charge in [-0.05, 0) is 36.8 Å². The van der Waals surface area contributed by atoms with Crippen molar-refractivity contribution in [2.45, 2.75) is 25.1 Å². The predicted octanol–water partition coefficient (Wildman–Crippen LogP) is 5.46. The van der Waals surface area contributed by atoms with Gasteiger partial charge in [0.05, 0.1) is 5.75 Å². The van der Waals surface area contributed by atoms with Crippen molar-refractivity contribution in [1.29, 1.82) is 0 Å². The summed E-state index contributed by atoms with van der Waals surface area (Å²) in [4.78, 5) is 12.2. The highest BCUT2D eigenvalue weighted by atomic mass is 32.2. The van der Waals surface area contributed by atoms with E-state index in [0.717, 1.165) is 17.8 Å². The third-order valence-corrected chi connectivity index (χ3v) is 6.12. The quantitative estimate of drug-likeness (QED) is 0.339. The smallest absolute Gasteiger partial charge is 0.277 e. The van der Waals surface area contributed by atoms with Crippen LogP contribution in [-0.4, -0.2) is 26.4 Å². The average molecular weight is 443 g/mol. The lowest BCUT2D eigenvalue weighted by atomic mass is 10.2. The Morgan fingerprint density at radius 3 is 2.41 bits per heavy atom. The van der Waals surface area contributed by atoms with Crippen LogP contribution in [0.2, 0.25) is 0 Å². The van der Waals surface area contributed by atoms with E-state index in [1.165, 1.54) is 33.6 Å². The van der Waals surface area contributed by atoms with Gasteiger partial charge >= 0.3 is 0 Å². The van der Waals surface area contributed by atoms with Gasteiger partial charge in [0.2, 0.25) is 11.8 Å². The van der Waals surface area contributed by atoms with Gasteiger partial charge < -0.3 is 14.3 Å². The molecule has 0 atom stereocenters. The van der Waals surface area contributed by atoms with Crippen molar-refractivity contribution in [1.82, 2.24) is 14.8 Å². The molecule has 0 aliphatic carbocycles. The number of nitrogens with zero attached hydrogens (tertiary/aromatic N) is 3. The molecule has 6 nitrogen and oxygen atoms in total. The van der Waals surface area contributed by atoms with E-state index >= 15 is 0 Å². The summed E-state index contributed by atoms with van der Waals surface area (Å²) in [6.07, 6.45) is 0.617. The number of rotatable bonds is 7. The second-order valence-electron chi connectivity index (χ2n) is 7.60. The maximum Gasteiger partial charge on any atom is 0.277 e. The molecule has 5 rings (SSSR count). The summed E-state index contributed by atoms with van der Waals surface area (Å²) < 4.78 is 8.06. The van der Waals surface area contributed by atoms with Gasteiger partial charge in [0.15, 0.2) is 0 Å². The molecule has 2 aromatic heterocycles. The van der Waals surface area contributed by atoms with Gasteiger partial charge in [-0.25, -0.2) is 0 Å². The first-order chi connectivity index (χ1) is 15.7. The second kappa shape index (κ2) is 8.88. The van der Waals surface area contributed by atoms with Gasteiger partial charge in [0.25, 0.3) is 5.22 Å². The number of para-hydroxylation sites is 2. The summed E-state index contributed by atoms with van der Waals surface area (Å²) in [5, 5.41) is 14.0. The highest BCUT2D eigenvalue weighted by Gasteiger charge is 2.13. The molecule has 0 unspecified atom stereocenters. The third kappa shape index (κ3) is 4.24. The minimum atomic E-state index is -0.106. The number of carbonyl (C=O) groups excluding carboxylic acids is 1. The fourth-order valence-electron chi connectivity index (χ4n) is 3.90. The monoisotopic (exact) mass is 442 g/mol. The van der Waals surface area contributed by atoms with E-state index in [4.69, 9.17) is 4.42 Å². The lowest BCUT2D eigenvalue weighted by Gasteiger charge is -2.05. The minimum Gasteiger partial charge on any atom is -0.416 e. The van der Waals surface area contributed by atoms with Crippen LogP contribution >= 0.6 is 11.8 Å². The number of hydrogen-bond acceptors (Lipinski definition) is 5. The molecule has 1 amide bonds. The maximum absolute atomic E-state index is 12.2. The highest BCUT2D eigenvalue weighted by Crippen LogP contribution is 2.29. The number of aryl methyl sites for hydroxylation is 3. The van der Waals surface area contributed by atoms with E-state index in [1.807, 2.05) is 31.2 Å². The van der Waals surface area contributed by atoms with Crippen LogP contribution in [0.25, 0.3) is 21.8 Å². The summed E-state index contributed by atoms with van der Waals surface area (Å²) in [7, 11) is 0. The lowest BCUT2D eigenvalue weighted by Crippen LogP contribution is -2.13. The summed E-state index contributed by atoms with van der Waals surface area (Å²) in [6, 6.07) is 24.5. The average Bonchev–Trinajstić information content (AvgIpc) is 3.39. The van der Waals surface area contributed by atoms with Gasteiger partial charge in [-0.2, -0.15) is 0 Å². The number of nitrogens with one attached hydrogen (secondary N) is 1. The fourth-order valence-corrected chi connectivity index (χ4v) is 4.48. The Morgan fingerprint density at radius 2 is 1.69 bits per heavy atom. The molecule has 0 fully saturated rings. The van der Waals surface area contributed by atoms with Gasteiger partial charge in [0, 0.05) is 40.5 Å². The van der Waals surface area contributed by atoms with Gasteiger partial charge in [-0.3, -0.25) is 4.79 Å². The van der Waals surface area contributed by atoms with Crippen LogP contribution in [0.5, 0.6) is 0 Å². The lowest BCUT2D eigenvalue weighted by molar-refractivity contribution is -0.113. The topological polar surface area (TPSA) is 73.0 Å². The Morgan fingerprint density at radius 1 is 0.969 bits per heavy atom. The molecule has 0 bridgehead atoms. The summed E-state index contributed by atoms with van der Waals surface area (Å²) in [5.41, 5.74) is 4.26. The molecule has 0 aliphatic rings. The standard InChI is InChI=1S/C25H22N4O2S/c1-17-7-6-8-18(15-17)26-23(30)16-32-25-28-27-24(31-25)13-14-29-21-11-4-2-9-19(21)20-10-3-5-12-22(20)29/h2-12,15H,13-14,16H2,1H3,(H,26,30). The van der Waals surface area contributed by atoms with Crippen molar-refractivity contribution in [3.63, 3.8) is 0 Å². The van der Waals surface area contributed by atoms with Gasteiger partial charge in [-0.15, -0.1) is 10.2 Å². The van der Waals surface area contributed by atoms with Crippen LogP contribution in [0, 0.1) is 6.92 Å². The summed E-state index contributed by atoms with van der Waals surface area (Å²) >= 11 is 1.24. The van der Waals surface area contributed by atoms with E-state index in [0.29, 0.717) is 17.5 Å². The van der Waals surface area contributed by atoms with Gasteiger partial charge in [0.1, 0.15) is 0 Å². The molecule has 0 aliphatic heterocycles. The Labute approximate surface area is 189 Å². The number of aromatic nitrogens is 3. The Hall–Kier alpha value is -3.58. The molecule has 0 spiro atoms. The zero-order chi connectivity index (χ0) is 21.9. The van der Waals surface area contributed by atoms with E-state index in [1.54, 1.807) is 0 Å². The zero-order valence-electron chi connectivity index (χ0n) is 17.6. The molecular weight excluding hydrogens is 420 g/mol. The SMILES string of the molecule is Cc1cccc(NC(=O)CSc2nnc(CCn3c4ccccc4c4ccccc43)o2)c1. The van der Waals surface area contributed by atoms with Crippen molar-refractivity contribution in [2.75, 3.05) is 11.1 Å². The number of thioether (sulfide) groups is 1. The van der Waals surface area contributed by atoms with Crippen LogP contribution < -0.4 is 5.32 Å². The minimum absolute atomic E-state index is 0.106. The van der Waals surface area contributed by atoms with Crippen LogP contribution in [0.1, 0.15) is 11.5 Å². The Kier molecular flexibility index (Phi) is 5.64. The van der Waals surface area contributed by atoms with E-state index in [9.17, 15) is 4.79 Å². The zero-order valence-corrected chi connectivity index (χ0v) is 18.4. The second-order valence-corrected chi connectivity index (χ2v) is 8.53. The number of carbonyl (C=O) groups is 1. The van der Waals surface area contributed by atoms with E-state index in [2.05, 4.69) is 68.6 Å². The number of hydrogen-bond donors (Lipinski definition) is 1. The largest absolute Gasteiger partial charge is 0.416 e. The summed E-state index contributed by atoms with van der Waals surface area (Å²) in [5.74, 6) is 0.668. The molecule has 3 aromatic carbocycles. The fraction of sp³-hybridized carbons (Fsp3) is 0.160. The van der Waals surface area contributed by atoms with Crippen molar-refractivity contribution >= 4 is 45.2 Å². The normalized spacial score (nSPS) is 11.3. The maximum atomic E-state index is 12.2. The molecule has 0 saturated heterocycles. The number of anilines is 1. The number of amides is 1. The van der Waals surface area contributed by atoms with Crippen LogP contribution in [0.3, 0.4) is 0 Å². The molecule has 1 N–H and O–H groups in total. The first-order valence-corrected chi connectivity index (χ1v) is 11.4. The molecule has 0 radical (unpaired) electrons. The number of fused-ring (bicyclic) bond motifs is 3. The van der Waals surface area contributed by atoms with Crippen molar-refractivity contribution in [2.24, 2.45) is 0 Å². The Balaban J connectivity index is 1.23. The molecule has 32 heavy (non-hydrogen) atoms. The molecule has 160 valence electrons. The molecule has 7 heteroatoms. The van der Waals surface area contributed by atoms with Crippen molar-refractivity contribution in [3.8, 4) is 0 Å². The van der Waals surface area contributed by atoms with Crippen LogP contribution in [0.15, 0.2) is 82.4 Å². The van der Waals surface area contributed by atoms with E-state index in [-0.39, 0.29) is 11.7 Å². The summed E-state index contributed by atoms with van der Waals surface area (Å²) in [6.45, 7) is 2.72. The molecular formula is C25H22N4O2S. The van der Waals surface area contributed by atoms with Crippen LogP contribution in [0.4, 0.5) is 5.69 Å². The molecule has 5 aromatic rings. The predicted molar refractivity (Wildman–Crippen MR) is 128 cm³/mol. The van der Waals surface area contributed by atoms with Crippen molar-refractivity contribution < 1.29 is 9.21 Å².